The van der Waals surface area contributed by atoms with Crippen LogP contribution in [0, 0.1) is 13.8 Å². The molecule has 0 radical (unpaired) electrons. The Labute approximate surface area is 107 Å². The van der Waals surface area contributed by atoms with Crippen LogP contribution in [0.15, 0.2) is 6.20 Å². The van der Waals surface area contributed by atoms with Crippen LogP contribution >= 0.6 is 0 Å². The monoisotopic (exact) mass is 244 g/mol. The lowest BCUT2D eigenvalue weighted by molar-refractivity contribution is 0.461. The molecule has 0 spiro atoms. The molecule has 96 valence electrons. The zero-order valence-corrected chi connectivity index (χ0v) is 11.3. The van der Waals surface area contributed by atoms with Gasteiger partial charge in [0, 0.05) is 18.8 Å². The first-order valence-electron chi connectivity index (χ1n) is 6.67. The number of aryl methyl sites for hydroxylation is 3. The van der Waals surface area contributed by atoms with Crippen LogP contribution in [-0.4, -0.2) is 27.6 Å². The van der Waals surface area contributed by atoms with Gasteiger partial charge >= 0.3 is 0 Å². The molecule has 1 aliphatic rings. The van der Waals surface area contributed by atoms with Crippen molar-refractivity contribution < 1.29 is 0 Å². The summed E-state index contributed by atoms with van der Waals surface area (Å²) < 4.78 is 2.12. The van der Waals surface area contributed by atoms with E-state index in [9.17, 15) is 0 Å². The maximum absolute atomic E-state index is 4.77. The van der Waals surface area contributed by atoms with Crippen LogP contribution in [0.1, 0.15) is 35.7 Å². The minimum absolute atomic E-state index is 0.631. The predicted molar refractivity (Wildman–Crippen MR) is 72.8 cm³/mol. The van der Waals surface area contributed by atoms with E-state index in [1.807, 2.05) is 13.8 Å². The molecule has 4 nitrogen and oxygen atoms in total. The highest BCUT2D eigenvalue weighted by molar-refractivity contribution is 5.77. The zero-order chi connectivity index (χ0) is 12.7. The maximum atomic E-state index is 4.77. The Kier molecular flexibility index (Phi) is 2.82. The van der Waals surface area contributed by atoms with E-state index < -0.39 is 0 Å². The fourth-order valence-corrected chi connectivity index (χ4v) is 2.79. The first kappa shape index (κ1) is 11.7. The number of piperidine rings is 1. The third-order valence-corrected chi connectivity index (χ3v) is 4.01. The summed E-state index contributed by atoms with van der Waals surface area (Å²) in [5.74, 6) is 0.631. The Balaban J connectivity index is 2.14. The van der Waals surface area contributed by atoms with Crippen molar-refractivity contribution in [3.63, 3.8) is 0 Å². The summed E-state index contributed by atoms with van der Waals surface area (Å²) in [4.78, 5) is 9.44. The first-order chi connectivity index (χ1) is 8.66. The van der Waals surface area contributed by atoms with Gasteiger partial charge in [0.15, 0.2) is 5.65 Å². The van der Waals surface area contributed by atoms with Gasteiger partial charge in [-0.05, 0) is 45.7 Å². The van der Waals surface area contributed by atoms with E-state index in [0.717, 1.165) is 35.6 Å². The predicted octanol–water partition coefficient (Wildman–Crippen LogP) is 2.05. The molecule has 0 unspecified atom stereocenters. The van der Waals surface area contributed by atoms with Crippen molar-refractivity contribution in [3.05, 3.63) is 23.1 Å². The molecule has 1 N–H and O–H groups in total. The Morgan fingerprint density at radius 2 is 1.83 bits per heavy atom. The summed E-state index contributed by atoms with van der Waals surface area (Å²) >= 11 is 0. The molecule has 0 amide bonds. The van der Waals surface area contributed by atoms with Gasteiger partial charge in [0.2, 0.25) is 0 Å². The number of rotatable bonds is 1. The van der Waals surface area contributed by atoms with Crippen molar-refractivity contribution in [3.8, 4) is 0 Å². The van der Waals surface area contributed by atoms with Gasteiger partial charge in [-0.15, -0.1) is 0 Å². The number of nitrogens with zero attached hydrogens (tertiary/aromatic N) is 3. The van der Waals surface area contributed by atoms with Gasteiger partial charge < -0.3 is 9.88 Å². The minimum Gasteiger partial charge on any atom is -0.334 e. The Hall–Kier alpha value is -1.42. The molecular formula is C14H20N4. The lowest BCUT2D eigenvalue weighted by Crippen LogP contribution is -2.26. The number of nitrogens with one attached hydrogen (secondary N) is 1. The van der Waals surface area contributed by atoms with Crippen LogP contribution in [-0.2, 0) is 7.05 Å². The normalized spacial score (nSPS) is 17.5. The van der Waals surface area contributed by atoms with Crippen LogP contribution in [0.3, 0.4) is 0 Å². The van der Waals surface area contributed by atoms with Crippen molar-refractivity contribution in [1.29, 1.82) is 0 Å². The fourth-order valence-electron chi connectivity index (χ4n) is 2.79. The summed E-state index contributed by atoms with van der Waals surface area (Å²) in [5.41, 5.74) is 5.58. The summed E-state index contributed by atoms with van der Waals surface area (Å²) in [6.45, 7) is 6.29. The number of hydrogen-bond acceptors (Lipinski definition) is 3. The van der Waals surface area contributed by atoms with Gasteiger partial charge in [0.25, 0.3) is 0 Å². The van der Waals surface area contributed by atoms with E-state index in [4.69, 9.17) is 4.98 Å². The zero-order valence-electron chi connectivity index (χ0n) is 11.3. The number of fused-ring (bicyclic) bond motifs is 1. The molecule has 2 aromatic heterocycles. The summed E-state index contributed by atoms with van der Waals surface area (Å²) in [6.07, 6.45) is 4.63. The van der Waals surface area contributed by atoms with Crippen molar-refractivity contribution in [2.75, 3.05) is 13.1 Å². The van der Waals surface area contributed by atoms with Crippen LogP contribution in [0.4, 0.5) is 0 Å². The van der Waals surface area contributed by atoms with Gasteiger partial charge in [-0.1, -0.05) is 0 Å². The highest BCUT2D eigenvalue weighted by Crippen LogP contribution is 2.31. The summed E-state index contributed by atoms with van der Waals surface area (Å²) in [7, 11) is 2.07. The third-order valence-electron chi connectivity index (χ3n) is 4.01. The second-order valence-electron chi connectivity index (χ2n) is 5.29. The summed E-state index contributed by atoms with van der Waals surface area (Å²) in [5, 5.41) is 3.42. The molecule has 0 bridgehead atoms. The first-order valence-corrected chi connectivity index (χ1v) is 6.67. The fraction of sp³-hybridized carbons (Fsp3) is 0.571. The average Bonchev–Trinajstić information content (AvgIpc) is 2.69. The standard InChI is InChI=1S/C14H20N4/c1-9-10(2)17-14-13(16-9)12(8-18(14)3)11-4-6-15-7-5-11/h8,11,15H,4-7H2,1-3H3. The Morgan fingerprint density at radius 3 is 2.56 bits per heavy atom. The average molecular weight is 244 g/mol. The van der Waals surface area contributed by atoms with E-state index in [-0.39, 0.29) is 0 Å². The molecule has 1 fully saturated rings. The molecule has 1 aliphatic heterocycles. The van der Waals surface area contributed by atoms with E-state index >= 15 is 0 Å². The molecule has 0 aromatic carbocycles. The number of hydrogen-bond donors (Lipinski definition) is 1. The van der Waals surface area contributed by atoms with Gasteiger partial charge in [0.05, 0.1) is 11.4 Å². The molecule has 2 aromatic rings. The highest BCUT2D eigenvalue weighted by Gasteiger charge is 2.21. The molecule has 4 heteroatoms. The van der Waals surface area contributed by atoms with E-state index in [1.165, 1.54) is 18.4 Å². The number of aromatic nitrogens is 3. The maximum Gasteiger partial charge on any atom is 0.158 e. The third kappa shape index (κ3) is 1.81. The smallest absolute Gasteiger partial charge is 0.158 e. The van der Waals surface area contributed by atoms with Crippen LogP contribution in [0.5, 0.6) is 0 Å². The minimum atomic E-state index is 0.631. The van der Waals surface area contributed by atoms with Crippen LogP contribution < -0.4 is 5.32 Å². The van der Waals surface area contributed by atoms with E-state index in [1.54, 1.807) is 0 Å². The van der Waals surface area contributed by atoms with E-state index in [2.05, 4.69) is 28.1 Å². The second kappa shape index (κ2) is 4.35. The molecule has 3 heterocycles. The molecule has 1 saturated heterocycles. The lowest BCUT2D eigenvalue weighted by Gasteiger charge is -2.21. The molecular weight excluding hydrogens is 224 g/mol. The van der Waals surface area contributed by atoms with Crippen LogP contribution in [0.25, 0.3) is 11.2 Å². The van der Waals surface area contributed by atoms with Gasteiger partial charge in [0.1, 0.15) is 5.52 Å². The van der Waals surface area contributed by atoms with Crippen molar-refractivity contribution in [1.82, 2.24) is 19.9 Å². The van der Waals surface area contributed by atoms with Gasteiger partial charge in [-0.3, -0.25) is 0 Å². The largest absolute Gasteiger partial charge is 0.334 e. The molecule has 0 aliphatic carbocycles. The SMILES string of the molecule is Cc1nc2c(C3CCNCC3)cn(C)c2nc1C. The molecule has 0 saturated carbocycles. The van der Waals surface area contributed by atoms with Gasteiger partial charge in [-0.2, -0.15) is 0 Å². The van der Waals surface area contributed by atoms with E-state index in [0.29, 0.717) is 5.92 Å². The van der Waals surface area contributed by atoms with Crippen molar-refractivity contribution in [2.45, 2.75) is 32.6 Å². The topological polar surface area (TPSA) is 42.7 Å². The molecule has 18 heavy (non-hydrogen) atoms. The highest BCUT2D eigenvalue weighted by atomic mass is 15.0. The Morgan fingerprint density at radius 1 is 1.17 bits per heavy atom. The van der Waals surface area contributed by atoms with Crippen molar-refractivity contribution in [2.24, 2.45) is 7.05 Å². The summed E-state index contributed by atoms with van der Waals surface area (Å²) in [6, 6.07) is 0. The second-order valence-corrected chi connectivity index (χ2v) is 5.29. The lowest BCUT2D eigenvalue weighted by atomic mass is 9.91. The van der Waals surface area contributed by atoms with Crippen LogP contribution in [0.2, 0.25) is 0 Å². The molecule has 0 atom stereocenters. The Bertz CT molecular complexity index is 579. The quantitative estimate of drug-likeness (QED) is 0.835. The van der Waals surface area contributed by atoms with Crippen molar-refractivity contribution >= 4 is 11.2 Å². The van der Waals surface area contributed by atoms with Gasteiger partial charge in [-0.25, -0.2) is 9.97 Å². The molecule has 3 rings (SSSR count).